The zero-order valence-corrected chi connectivity index (χ0v) is 11.5. The molecule has 0 saturated carbocycles. The van der Waals surface area contributed by atoms with Crippen molar-refractivity contribution in [1.29, 1.82) is 0 Å². The number of aromatic nitrogens is 2. The molecule has 0 atom stereocenters. The van der Waals surface area contributed by atoms with E-state index in [1.54, 1.807) is 11.3 Å². The van der Waals surface area contributed by atoms with Gasteiger partial charge in [0.25, 0.3) is 0 Å². The summed E-state index contributed by atoms with van der Waals surface area (Å²) in [4.78, 5) is 21.3. The topological polar surface area (TPSA) is 66.3 Å². The Morgan fingerprint density at radius 3 is 2.89 bits per heavy atom. The number of piperidine rings is 1. The van der Waals surface area contributed by atoms with Crippen LogP contribution in [-0.4, -0.2) is 39.2 Å². The number of rotatable bonds is 1. The summed E-state index contributed by atoms with van der Waals surface area (Å²) in [5.74, 6) is 0.370. The SMILES string of the molecule is Cc1cnc2nc(C3CCN(C(=O)O)CC3)sc2c1. The van der Waals surface area contributed by atoms with E-state index in [4.69, 9.17) is 5.11 Å². The van der Waals surface area contributed by atoms with Gasteiger partial charge in [-0.1, -0.05) is 0 Å². The van der Waals surface area contributed by atoms with Gasteiger partial charge in [0.05, 0.1) is 9.71 Å². The van der Waals surface area contributed by atoms with Gasteiger partial charge in [0.2, 0.25) is 0 Å². The van der Waals surface area contributed by atoms with Crippen molar-refractivity contribution in [3.63, 3.8) is 0 Å². The lowest BCUT2D eigenvalue weighted by molar-refractivity contribution is 0.132. The van der Waals surface area contributed by atoms with E-state index in [1.807, 2.05) is 13.1 Å². The molecule has 1 fully saturated rings. The number of aryl methyl sites for hydroxylation is 1. The maximum atomic E-state index is 10.9. The van der Waals surface area contributed by atoms with E-state index in [0.29, 0.717) is 19.0 Å². The van der Waals surface area contributed by atoms with Crippen molar-refractivity contribution in [2.24, 2.45) is 0 Å². The first kappa shape index (κ1) is 12.3. The van der Waals surface area contributed by atoms with Gasteiger partial charge in [-0.3, -0.25) is 0 Å². The first-order valence-electron chi connectivity index (χ1n) is 6.34. The Labute approximate surface area is 114 Å². The van der Waals surface area contributed by atoms with Gasteiger partial charge < -0.3 is 10.0 Å². The minimum Gasteiger partial charge on any atom is -0.465 e. The molecular formula is C13H15N3O2S. The fourth-order valence-corrected chi connectivity index (χ4v) is 3.62. The monoisotopic (exact) mass is 277 g/mol. The van der Waals surface area contributed by atoms with Crippen LogP contribution >= 0.6 is 11.3 Å². The number of fused-ring (bicyclic) bond motifs is 1. The minimum absolute atomic E-state index is 0.370. The average Bonchev–Trinajstić information content (AvgIpc) is 2.81. The first-order chi connectivity index (χ1) is 9.13. The van der Waals surface area contributed by atoms with Crippen LogP contribution in [0.5, 0.6) is 0 Å². The Bertz CT molecular complexity index is 617. The molecule has 0 radical (unpaired) electrons. The highest BCUT2D eigenvalue weighted by atomic mass is 32.1. The number of hydrogen-bond donors (Lipinski definition) is 1. The quantitative estimate of drug-likeness (QED) is 0.870. The molecule has 0 bridgehead atoms. The fourth-order valence-electron chi connectivity index (χ4n) is 2.43. The zero-order valence-electron chi connectivity index (χ0n) is 10.7. The summed E-state index contributed by atoms with van der Waals surface area (Å²) < 4.78 is 1.12. The van der Waals surface area contributed by atoms with Crippen molar-refractivity contribution in [3.8, 4) is 0 Å². The zero-order chi connectivity index (χ0) is 13.4. The smallest absolute Gasteiger partial charge is 0.407 e. The highest BCUT2D eigenvalue weighted by Gasteiger charge is 2.25. The summed E-state index contributed by atoms with van der Waals surface area (Å²) in [5.41, 5.74) is 1.95. The number of carbonyl (C=O) groups is 1. The summed E-state index contributed by atoms with van der Waals surface area (Å²) in [6.07, 6.45) is 2.72. The number of thiazole rings is 1. The van der Waals surface area contributed by atoms with Crippen molar-refractivity contribution < 1.29 is 9.90 Å². The number of pyridine rings is 1. The molecular weight excluding hydrogens is 262 g/mol. The molecule has 1 saturated heterocycles. The van der Waals surface area contributed by atoms with E-state index in [1.165, 1.54) is 4.90 Å². The van der Waals surface area contributed by atoms with E-state index in [9.17, 15) is 4.79 Å². The van der Waals surface area contributed by atoms with Crippen LogP contribution in [-0.2, 0) is 0 Å². The molecule has 2 aromatic heterocycles. The van der Waals surface area contributed by atoms with Crippen LogP contribution < -0.4 is 0 Å². The van der Waals surface area contributed by atoms with Gasteiger partial charge in [0.1, 0.15) is 0 Å². The molecule has 0 spiro atoms. The van der Waals surface area contributed by atoms with Crippen LogP contribution in [0.4, 0.5) is 4.79 Å². The predicted molar refractivity (Wildman–Crippen MR) is 73.7 cm³/mol. The number of amides is 1. The molecule has 2 aromatic rings. The van der Waals surface area contributed by atoms with Crippen LogP contribution in [0, 0.1) is 6.92 Å². The van der Waals surface area contributed by atoms with Gasteiger partial charge in [-0.2, -0.15) is 0 Å². The van der Waals surface area contributed by atoms with E-state index in [0.717, 1.165) is 33.8 Å². The molecule has 0 unspecified atom stereocenters. The highest BCUT2D eigenvalue weighted by molar-refractivity contribution is 7.18. The second kappa shape index (κ2) is 4.77. The Morgan fingerprint density at radius 1 is 1.47 bits per heavy atom. The molecule has 0 aliphatic carbocycles. The van der Waals surface area contributed by atoms with Gasteiger partial charge in [-0.15, -0.1) is 11.3 Å². The molecule has 1 N–H and O–H groups in total. The molecule has 5 nitrogen and oxygen atoms in total. The Balaban J connectivity index is 1.80. The lowest BCUT2D eigenvalue weighted by Crippen LogP contribution is -2.36. The summed E-state index contributed by atoms with van der Waals surface area (Å²) in [6.45, 7) is 3.22. The predicted octanol–water partition coefficient (Wildman–Crippen LogP) is 2.86. The Kier molecular flexibility index (Phi) is 3.10. The third-order valence-corrected chi connectivity index (χ3v) is 4.67. The Morgan fingerprint density at radius 2 is 2.21 bits per heavy atom. The first-order valence-corrected chi connectivity index (χ1v) is 7.16. The average molecular weight is 277 g/mol. The van der Waals surface area contributed by atoms with Crippen LogP contribution in [0.2, 0.25) is 0 Å². The maximum absolute atomic E-state index is 10.9. The van der Waals surface area contributed by atoms with Crippen LogP contribution in [0.3, 0.4) is 0 Å². The minimum atomic E-state index is -0.819. The van der Waals surface area contributed by atoms with Crippen molar-refractivity contribution in [2.45, 2.75) is 25.7 Å². The number of nitrogens with zero attached hydrogens (tertiary/aromatic N) is 3. The van der Waals surface area contributed by atoms with Crippen LogP contribution in [0.1, 0.15) is 29.3 Å². The van der Waals surface area contributed by atoms with E-state index >= 15 is 0 Å². The standard InChI is InChI=1S/C13H15N3O2S/c1-8-6-10-11(14-7-8)15-12(19-10)9-2-4-16(5-3-9)13(17)18/h6-7,9H,2-5H2,1H3,(H,17,18). The lowest BCUT2D eigenvalue weighted by Gasteiger charge is -2.28. The molecule has 1 amide bonds. The largest absolute Gasteiger partial charge is 0.465 e. The molecule has 100 valence electrons. The summed E-state index contributed by atoms with van der Waals surface area (Å²) >= 11 is 1.69. The van der Waals surface area contributed by atoms with Crippen LogP contribution in [0.25, 0.3) is 10.3 Å². The molecule has 1 aliphatic rings. The van der Waals surface area contributed by atoms with E-state index in [2.05, 4.69) is 16.0 Å². The van der Waals surface area contributed by atoms with E-state index < -0.39 is 6.09 Å². The van der Waals surface area contributed by atoms with Gasteiger partial charge >= 0.3 is 6.09 Å². The molecule has 1 aliphatic heterocycles. The van der Waals surface area contributed by atoms with Gasteiger partial charge in [-0.25, -0.2) is 14.8 Å². The van der Waals surface area contributed by atoms with Crippen molar-refractivity contribution in [2.75, 3.05) is 13.1 Å². The maximum Gasteiger partial charge on any atom is 0.407 e. The van der Waals surface area contributed by atoms with Crippen LogP contribution in [0.15, 0.2) is 12.3 Å². The number of carboxylic acid groups (broad SMARTS) is 1. The van der Waals surface area contributed by atoms with Gasteiger partial charge in [0, 0.05) is 25.2 Å². The third kappa shape index (κ3) is 2.40. The molecule has 3 rings (SSSR count). The van der Waals surface area contributed by atoms with Gasteiger partial charge in [0.15, 0.2) is 5.65 Å². The second-order valence-electron chi connectivity index (χ2n) is 4.93. The fraction of sp³-hybridized carbons (Fsp3) is 0.462. The van der Waals surface area contributed by atoms with E-state index in [-0.39, 0.29) is 0 Å². The normalized spacial score (nSPS) is 17.0. The summed E-state index contributed by atoms with van der Waals surface area (Å²) in [6, 6.07) is 2.11. The molecule has 6 heteroatoms. The van der Waals surface area contributed by atoms with Crippen molar-refractivity contribution in [1.82, 2.24) is 14.9 Å². The Hall–Kier alpha value is -1.69. The third-order valence-electron chi connectivity index (χ3n) is 3.51. The molecule has 19 heavy (non-hydrogen) atoms. The highest BCUT2D eigenvalue weighted by Crippen LogP contribution is 2.33. The van der Waals surface area contributed by atoms with Crippen molar-refractivity contribution in [3.05, 3.63) is 22.8 Å². The number of hydrogen-bond acceptors (Lipinski definition) is 4. The molecule has 3 heterocycles. The molecule has 0 aromatic carbocycles. The van der Waals surface area contributed by atoms with Crippen molar-refractivity contribution >= 4 is 27.8 Å². The number of likely N-dealkylation sites (tertiary alicyclic amines) is 1. The lowest BCUT2D eigenvalue weighted by atomic mass is 9.98. The second-order valence-corrected chi connectivity index (χ2v) is 5.99. The summed E-state index contributed by atoms with van der Waals surface area (Å²) in [7, 11) is 0. The van der Waals surface area contributed by atoms with Gasteiger partial charge in [-0.05, 0) is 31.4 Å². The summed E-state index contributed by atoms with van der Waals surface area (Å²) in [5, 5.41) is 10.0.